The lowest BCUT2D eigenvalue weighted by atomic mass is 10.2. The molecule has 2 heterocycles. The molecule has 1 aliphatic heterocycles. The first-order valence-electron chi connectivity index (χ1n) is 7.68. The fourth-order valence-corrected chi connectivity index (χ4v) is 4.84. The molecule has 1 aromatic heterocycles. The molecule has 0 unspecified atom stereocenters. The average Bonchev–Trinajstić information content (AvgIpc) is 3.22. The number of benzene rings is 2. The van der Waals surface area contributed by atoms with E-state index in [9.17, 15) is 14.9 Å². The van der Waals surface area contributed by atoms with Crippen LogP contribution >= 0.6 is 23.1 Å². The largest absolute Gasteiger partial charge is 0.311 e. The summed E-state index contributed by atoms with van der Waals surface area (Å²) < 4.78 is 1.51. The predicted molar refractivity (Wildman–Crippen MR) is 99.5 cm³/mol. The highest BCUT2D eigenvalue weighted by Crippen LogP contribution is 2.33. The zero-order valence-corrected chi connectivity index (χ0v) is 14.7. The fraction of sp³-hybridized carbons (Fsp3) is 0.176. The van der Waals surface area contributed by atoms with E-state index in [4.69, 9.17) is 0 Å². The number of carbonyl (C=O) groups is 1. The summed E-state index contributed by atoms with van der Waals surface area (Å²) in [6.07, 6.45) is 0.886. The van der Waals surface area contributed by atoms with Crippen molar-refractivity contribution in [2.45, 2.75) is 10.8 Å². The number of thioether (sulfide) groups is 1. The molecular weight excluding hydrogens is 358 g/mol. The Morgan fingerprint density at radius 2 is 2.16 bits per heavy atom. The third-order valence-electron chi connectivity index (χ3n) is 4.07. The van der Waals surface area contributed by atoms with Gasteiger partial charge in [0.05, 0.1) is 20.9 Å². The summed E-state index contributed by atoms with van der Waals surface area (Å²) in [6.45, 7) is 0.713. The van der Waals surface area contributed by atoms with Crippen molar-refractivity contribution in [1.29, 1.82) is 0 Å². The molecule has 2 aromatic carbocycles. The van der Waals surface area contributed by atoms with Gasteiger partial charge in [-0.15, -0.1) is 11.3 Å². The molecule has 0 radical (unpaired) electrons. The van der Waals surface area contributed by atoms with Crippen LogP contribution in [0.15, 0.2) is 46.8 Å². The molecule has 3 aromatic rings. The smallest absolute Gasteiger partial charge is 0.270 e. The van der Waals surface area contributed by atoms with E-state index in [2.05, 4.69) is 11.1 Å². The Bertz CT molecular complexity index is 986. The van der Waals surface area contributed by atoms with Crippen molar-refractivity contribution in [3.05, 3.63) is 58.1 Å². The number of non-ortho nitro benzene ring substituents is 1. The second-order valence-electron chi connectivity index (χ2n) is 5.60. The average molecular weight is 371 g/mol. The first-order chi connectivity index (χ1) is 12.1. The number of rotatable bonds is 4. The first-order valence-corrected chi connectivity index (χ1v) is 9.48. The van der Waals surface area contributed by atoms with Gasteiger partial charge in [0, 0.05) is 24.4 Å². The van der Waals surface area contributed by atoms with Gasteiger partial charge in [0.1, 0.15) is 0 Å². The van der Waals surface area contributed by atoms with Crippen molar-refractivity contribution < 1.29 is 9.72 Å². The lowest BCUT2D eigenvalue weighted by Crippen LogP contribution is -2.30. The highest BCUT2D eigenvalue weighted by atomic mass is 32.2. The number of nitrogens with zero attached hydrogens (tertiary/aromatic N) is 3. The molecule has 0 bridgehead atoms. The van der Waals surface area contributed by atoms with Crippen molar-refractivity contribution in [3.8, 4) is 0 Å². The summed E-state index contributed by atoms with van der Waals surface area (Å²) in [7, 11) is 0. The van der Waals surface area contributed by atoms with E-state index >= 15 is 0 Å². The number of aromatic nitrogens is 1. The van der Waals surface area contributed by atoms with Gasteiger partial charge in [-0.25, -0.2) is 4.98 Å². The van der Waals surface area contributed by atoms with Gasteiger partial charge in [-0.3, -0.25) is 14.9 Å². The minimum Gasteiger partial charge on any atom is -0.311 e. The van der Waals surface area contributed by atoms with E-state index in [1.807, 2.05) is 23.1 Å². The molecule has 0 fully saturated rings. The SMILES string of the molecule is O=C(CSc1nc2ccc([N+](=O)[O-])cc2s1)N1CCc2ccccc21. The van der Waals surface area contributed by atoms with E-state index in [1.165, 1.54) is 40.8 Å². The Hall–Kier alpha value is -2.45. The number of para-hydroxylation sites is 1. The first kappa shape index (κ1) is 16.0. The molecule has 0 N–H and O–H groups in total. The maximum Gasteiger partial charge on any atom is 0.270 e. The number of hydrogen-bond acceptors (Lipinski definition) is 6. The maximum atomic E-state index is 12.5. The van der Waals surface area contributed by atoms with Crippen LogP contribution in [0, 0.1) is 10.1 Å². The Morgan fingerprint density at radius 1 is 1.32 bits per heavy atom. The number of nitro groups is 1. The number of carbonyl (C=O) groups excluding carboxylic acids is 1. The number of anilines is 1. The monoisotopic (exact) mass is 371 g/mol. The van der Waals surface area contributed by atoms with Crippen LogP contribution in [0.4, 0.5) is 11.4 Å². The summed E-state index contributed by atoms with van der Waals surface area (Å²) in [6, 6.07) is 12.6. The van der Waals surface area contributed by atoms with Crippen LogP contribution < -0.4 is 4.90 Å². The molecule has 1 amide bonds. The van der Waals surface area contributed by atoms with Crippen molar-refractivity contribution >= 4 is 50.6 Å². The third-order valence-corrected chi connectivity index (χ3v) is 6.22. The predicted octanol–water partition coefficient (Wildman–Crippen LogP) is 3.89. The molecular formula is C17H13N3O3S2. The Balaban J connectivity index is 1.47. The van der Waals surface area contributed by atoms with Gasteiger partial charge in [-0.1, -0.05) is 30.0 Å². The van der Waals surface area contributed by atoms with Crippen LogP contribution in [0.25, 0.3) is 10.2 Å². The van der Waals surface area contributed by atoms with Crippen molar-refractivity contribution in [2.75, 3.05) is 17.2 Å². The topological polar surface area (TPSA) is 76.3 Å². The second-order valence-corrected chi connectivity index (χ2v) is 7.85. The van der Waals surface area contributed by atoms with Crippen LogP contribution in [0.5, 0.6) is 0 Å². The molecule has 0 saturated carbocycles. The standard InChI is InChI=1S/C17H13N3O3S2/c21-16(19-8-7-11-3-1-2-4-14(11)19)10-24-17-18-13-6-5-12(20(22)23)9-15(13)25-17/h1-6,9H,7-8,10H2. The highest BCUT2D eigenvalue weighted by molar-refractivity contribution is 8.01. The van der Waals surface area contributed by atoms with Crippen LogP contribution in [0.2, 0.25) is 0 Å². The number of amides is 1. The molecule has 0 aliphatic carbocycles. The van der Waals surface area contributed by atoms with Crippen LogP contribution in [-0.2, 0) is 11.2 Å². The molecule has 6 nitrogen and oxygen atoms in total. The summed E-state index contributed by atoms with van der Waals surface area (Å²) in [5, 5.41) is 10.8. The zero-order valence-electron chi connectivity index (χ0n) is 13.0. The summed E-state index contributed by atoms with van der Waals surface area (Å²) >= 11 is 2.75. The van der Waals surface area contributed by atoms with Gasteiger partial charge in [-0.2, -0.15) is 0 Å². The Kier molecular flexibility index (Phi) is 4.14. The Labute approximate surface area is 151 Å². The van der Waals surface area contributed by atoms with Gasteiger partial charge in [0.25, 0.3) is 5.69 Å². The zero-order chi connectivity index (χ0) is 17.4. The lowest BCUT2D eigenvalue weighted by molar-refractivity contribution is -0.384. The van der Waals surface area contributed by atoms with E-state index in [1.54, 1.807) is 6.07 Å². The third kappa shape index (κ3) is 3.10. The number of nitro benzene ring substituents is 1. The van der Waals surface area contributed by atoms with Gasteiger partial charge in [0.2, 0.25) is 5.91 Å². The molecule has 1 aliphatic rings. The van der Waals surface area contributed by atoms with Crippen LogP contribution in [-0.4, -0.2) is 28.1 Å². The van der Waals surface area contributed by atoms with Gasteiger partial charge in [-0.05, 0) is 24.1 Å². The Morgan fingerprint density at radius 3 is 3.00 bits per heavy atom. The second kappa shape index (κ2) is 6.45. The molecule has 126 valence electrons. The van der Waals surface area contributed by atoms with Crippen LogP contribution in [0.1, 0.15) is 5.56 Å². The van der Waals surface area contributed by atoms with E-state index in [-0.39, 0.29) is 11.6 Å². The minimum atomic E-state index is -0.416. The van der Waals surface area contributed by atoms with Gasteiger partial charge < -0.3 is 4.90 Å². The fourth-order valence-electron chi connectivity index (χ4n) is 2.87. The van der Waals surface area contributed by atoms with Crippen molar-refractivity contribution in [3.63, 3.8) is 0 Å². The van der Waals surface area contributed by atoms with Crippen molar-refractivity contribution in [1.82, 2.24) is 4.98 Å². The summed E-state index contributed by atoms with van der Waals surface area (Å²) in [5.41, 5.74) is 2.97. The normalized spacial score (nSPS) is 13.2. The lowest BCUT2D eigenvalue weighted by Gasteiger charge is -2.16. The molecule has 4 rings (SSSR count). The molecule has 0 atom stereocenters. The highest BCUT2D eigenvalue weighted by Gasteiger charge is 2.24. The number of fused-ring (bicyclic) bond motifs is 2. The molecule has 25 heavy (non-hydrogen) atoms. The summed E-state index contributed by atoms with van der Waals surface area (Å²) in [4.78, 5) is 29.2. The quantitative estimate of drug-likeness (QED) is 0.395. The van der Waals surface area contributed by atoms with E-state index < -0.39 is 4.92 Å². The summed E-state index contributed by atoms with van der Waals surface area (Å²) in [5.74, 6) is 0.358. The molecule has 0 spiro atoms. The van der Waals surface area contributed by atoms with Gasteiger partial charge >= 0.3 is 0 Å². The number of thiazole rings is 1. The van der Waals surface area contributed by atoms with E-state index in [0.717, 1.165) is 26.7 Å². The number of hydrogen-bond donors (Lipinski definition) is 0. The molecule has 8 heteroatoms. The van der Waals surface area contributed by atoms with Gasteiger partial charge in [0.15, 0.2) is 4.34 Å². The van der Waals surface area contributed by atoms with Crippen molar-refractivity contribution in [2.24, 2.45) is 0 Å². The minimum absolute atomic E-state index is 0.0532. The van der Waals surface area contributed by atoms with Crippen LogP contribution in [0.3, 0.4) is 0 Å². The maximum absolute atomic E-state index is 12.5. The molecule has 0 saturated heterocycles. The van der Waals surface area contributed by atoms with E-state index in [0.29, 0.717) is 12.3 Å².